The van der Waals surface area contributed by atoms with E-state index in [9.17, 15) is 31.5 Å². The average molecular weight is 553 g/mol. The van der Waals surface area contributed by atoms with Crippen molar-refractivity contribution in [2.75, 3.05) is 7.11 Å². The van der Waals surface area contributed by atoms with Gasteiger partial charge in [0, 0.05) is 11.1 Å². The quantitative estimate of drug-likeness (QED) is 0.367. The van der Waals surface area contributed by atoms with Crippen molar-refractivity contribution in [2.45, 2.75) is 18.0 Å². The monoisotopic (exact) mass is 553 g/mol. The number of halogens is 3. The first-order valence-electron chi connectivity index (χ1n) is 10.6. The fourth-order valence-corrected chi connectivity index (χ4v) is 4.34. The summed E-state index contributed by atoms with van der Waals surface area (Å²) in [6.07, 6.45) is -4.69. The van der Waals surface area contributed by atoms with Crippen LogP contribution in [0.15, 0.2) is 77.7 Å². The molecule has 3 aromatic carbocycles. The molecule has 1 N–H and O–H groups in total. The molecule has 1 heterocycles. The number of rotatable bonds is 6. The fraction of sp³-hybridized carbons (Fsp3) is 0.120. The predicted molar refractivity (Wildman–Crippen MR) is 128 cm³/mol. The van der Waals surface area contributed by atoms with Crippen LogP contribution < -0.4 is 34.3 Å². The number of hydrogen-bond acceptors (Lipinski definition) is 6. The first kappa shape index (κ1) is 29.2. The van der Waals surface area contributed by atoms with Crippen molar-refractivity contribution < 1.29 is 65.8 Å². The van der Waals surface area contributed by atoms with Crippen LogP contribution in [0.25, 0.3) is 21.7 Å². The Morgan fingerprint density at radius 1 is 1.00 bits per heavy atom. The van der Waals surface area contributed by atoms with E-state index >= 15 is 0 Å². The minimum atomic E-state index is -4.69. The largest absolute Gasteiger partial charge is 1.00 e. The summed E-state index contributed by atoms with van der Waals surface area (Å²) in [7, 11) is -3.19. The molecule has 1 amide bonds. The van der Waals surface area contributed by atoms with Crippen LogP contribution in [0.4, 0.5) is 13.2 Å². The van der Waals surface area contributed by atoms with E-state index in [1.807, 2.05) is 6.92 Å². The van der Waals surface area contributed by atoms with Crippen LogP contribution in [0.2, 0.25) is 0 Å². The number of benzene rings is 3. The maximum atomic E-state index is 13.4. The second kappa shape index (κ2) is 11.2. The van der Waals surface area contributed by atoms with Gasteiger partial charge in [0.15, 0.2) is 17.2 Å². The number of carbonyl (C=O) groups excluding carboxylic acids is 1. The molecule has 0 spiro atoms. The third-order valence-electron chi connectivity index (χ3n) is 5.36. The Bertz CT molecular complexity index is 1570. The van der Waals surface area contributed by atoms with E-state index < -0.39 is 27.8 Å². The molecule has 0 saturated heterocycles. The van der Waals surface area contributed by atoms with Gasteiger partial charge in [-0.25, -0.2) is 13.1 Å². The number of carbonyl (C=O) groups is 1. The van der Waals surface area contributed by atoms with Gasteiger partial charge in [0.25, 0.3) is 0 Å². The van der Waals surface area contributed by atoms with Gasteiger partial charge in [-0.15, -0.1) is 0 Å². The van der Waals surface area contributed by atoms with Gasteiger partial charge in [-0.2, -0.15) is 18.3 Å². The van der Waals surface area contributed by atoms with E-state index in [1.165, 1.54) is 25.3 Å². The van der Waals surface area contributed by atoms with Gasteiger partial charge in [-0.3, -0.25) is 0 Å². The summed E-state index contributed by atoms with van der Waals surface area (Å²) in [5.41, 5.74) is 0.488. The first-order chi connectivity index (χ1) is 17.4. The van der Waals surface area contributed by atoms with Crippen LogP contribution >= 0.6 is 0 Å². The molecule has 0 aliphatic rings. The minimum absolute atomic E-state index is 0. The molecule has 0 aliphatic heterocycles. The number of nitrogens with zero attached hydrogens (tertiary/aromatic N) is 3. The molecule has 8 nitrogen and oxygen atoms in total. The molecule has 0 aliphatic carbocycles. The van der Waals surface area contributed by atoms with Crippen molar-refractivity contribution in [2.24, 2.45) is 0 Å². The van der Waals surface area contributed by atoms with Gasteiger partial charge >= 0.3 is 35.7 Å². The molecule has 0 fully saturated rings. The second-order valence-electron chi connectivity index (χ2n) is 7.94. The zero-order chi connectivity index (χ0) is 27.0. The number of aromatic hydroxyl groups is 1. The van der Waals surface area contributed by atoms with Crippen molar-refractivity contribution in [3.63, 3.8) is 0 Å². The van der Waals surface area contributed by atoms with Crippen LogP contribution in [-0.4, -0.2) is 36.3 Å². The Kier molecular flexibility index (Phi) is 8.62. The van der Waals surface area contributed by atoms with Crippen molar-refractivity contribution >= 4 is 15.9 Å². The normalized spacial score (nSPS) is 11.5. The smallest absolute Gasteiger partial charge is 0.538 e. The van der Waals surface area contributed by atoms with E-state index in [4.69, 9.17) is 4.74 Å². The van der Waals surface area contributed by atoms with Gasteiger partial charge in [0.05, 0.1) is 29.3 Å². The van der Waals surface area contributed by atoms with E-state index in [0.29, 0.717) is 5.56 Å². The van der Waals surface area contributed by atoms with Crippen LogP contribution in [0.3, 0.4) is 0 Å². The molecule has 4 rings (SSSR count). The standard InChI is InChI=1S/C25H20F3N3O5S.Na/c1-15-3-5-16(6-4-15)20-14-23(25(26,27)28)29-31(20)18-8-10-19(11-9-18)37(34,35)30-24(33)17-7-12-21(32)22(13-17)36-2;/h3-14H,1-2H3,(H2,30,32,33);/q;+1/p-1. The summed E-state index contributed by atoms with van der Waals surface area (Å²) in [6.45, 7) is 1.84. The average Bonchev–Trinajstić information content (AvgIpc) is 3.31. The third kappa shape index (κ3) is 6.21. The molecule has 192 valence electrons. The number of aryl methyl sites for hydroxylation is 1. The minimum Gasteiger partial charge on any atom is -0.538 e. The van der Waals surface area contributed by atoms with Gasteiger partial charge in [0.2, 0.25) is 0 Å². The summed E-state index contributed by atoms with van der Waals surface area (Å²) < 4.78 is 74.9. The summed E-state index contributed by atoms with van der Waals surface area (Å²) in [5.74, 6) is -1.37. The Balaban J connectivity index is 0.00000400. The van der Waals surface area contributed by atoms with Crippen molar-refractivity contribution in [3.05, 3.63) is 94.3 Å². The molecule has 0 radical (unpaired) electrons. The van der Waals surface area contributed by atoms with Gasteiger partial charge in [0.1, 0.15) is 10.0 Å². The Morgan fingerprint density at radius 3 is 2.21 bits per heavy atom. The molecular formula is C25H19F3N3NaO5S. The Morgan fingerprint density at radius 2 is 1.63 bits per heavy atom. The molecule has 0 bridgehead atoms. The van der Waals surface area contributed by atoms with Gasteiger partial charge in [-0.1, -0.05) is 29.8 Å². The summed E-state index contributed by atoms with van der Waals surface area (Å²) in [4.78, 5) is 12.1. The third-order valence-corrected chi connectivity index (χ3v) is 6.63. The van der Waals surface area contributed by atoms with Crippen molar-refractivity contribution in [1.82, 2.24) is 9.78 Å². The van der Waals surface area contributed by atoms with E-state index in [0.717, 1.165) is 40.6 Å². The summed E-state index contributed by atoms with van der Waals surface area (Å²) in [5, 5.41) is 13.3. The fourth-order valence-electron chi connectivity index (χ4n) is 3.43. The number of alkyl halides is 3. The molecule has 0 saturated carbocycles. The van der Waals surface area contributed by atoms with Gasteiger partial charge in [-0.05, 0) is 55.5 Å². The Hall–Kier alpha value is -3.32. The topological polar surface area (TPSA) is 113 Å². The van der Waals surface area contributed by atoms with E-state index in [2.05, 4.69) is 9.82 Å². The molecule has 0 unspecified atom stereocenters. The number of amides is 1. The van der Waals surface area contributed by atoms with E-state index in [-0.39, 0.29) is 62.9 Å². The zero-order valence-corrected chi connectivity index (χ0v) is 23.2. The molecule has 38 heavy (non-hydrogen) atoms. The molecule has 0 atom stereocenters. The number of methoxy groups -OCH3 is 1. The number of hydrogen-bond donors (Lipinski definition) is 1. The number of phenols is 1. The Labute approximate surface area is 238 Å². The number of ether oxygens (including phenoxy) is 1. The van der Waals surface area contributed by atoms with Crippen molar-refractivity contribution in [3.8, 4) is 28.4 Å². The second-order valence-corrected chi connectivity index (χ2v) is 9.55. The zero-order valence-electron chi connectivity index (χ0n) is 20.4. The van der Waals surface area contributed by atoms with Crippen LogP contribution in [-0.2, 0) is 16.2 Å². The molecule has 1 aromatic heterocycles. The van der Waals surface area contributed by atoms with E-state index in [1.54, 1.807) is 24.3 Å². The number of phenolic OH excluding ortho intramolecular Hbond substituents is 1. The number of sulfonamides is 1. The number of aromatic nitrogens is 2. The van der Waals surface area contributed by atoms with Crippen LogP contribution in [0.1, 0.15) is 21.6 Å². The van der Waals surface area contributed by atoms with Crippen LogP contribution in [0.5, 0.6) is 11.5 Å². The molecule has 4 aromatic rings. The van der Waals surface area contributed by atoms with Gasteiger partial charge < -0.3 is 19.4 Å². The van der Waals surface area contributed by atoms with Crippen molar-refractivity contribution in [1.29, 1.82) is 0 Å². The predicted octanol–water partition coefficient (Wildman–Crippen LogP) is 2.49. The molecule has 13 heteroatoms. The molecular weight excluding hydrogens is 534 g/mol. The summed E-state index contributed by atoms with van der Waals surface area (Å²) >= 11 is 0. The SMILES string of the molecule is COc1cc(C(=O)[N-]S(=O)(=O)c2ccc(-n3nc(C(F)(F)F)cc3-c3ccc(C)cc3)cc2)ccc1O.[Na+]. The van der Waals surface area contributed by atoms with Crippen LogP contribution in [0, 0.1) is 6.92 Å². The maximum absolute atomic E-state index is 13.4. The summed E-state index contributed by atoms with van der Waals surface area (Å²) in [6, 6.07) is 16.0. The maximum Gasteiger partial charge on any atom is 1.00 e. The first-order valence-corrected chi connectivity index (χ1v) is 12.1.